The molecule has 2 heterocycles. The van der Waals surface area contributed by atoms with Gasteiger partial charge in [-0.15, -0.1) is 11.8 Å². The van der Waals surface area contributed by atoms with Crippen LogP contribution >= 0.6 is 11.8 Å². The van der Waals surface area contributed by atoms with E-state index < -0.39 is 0 Å². The highest BCUT2D eigenvalue weighted by Gasteiger charge is 2.05. The maximum absolute atomic E-state index is 11.8. The third-order valence-electron chi connectivity index (χ3n) is 3.19. The first-order chi connectivity index (χ1) is 11.3. The van der Waals surface area contributed by atoms with E-state index >= 15 is 0 Å². The summed E-state index contributed by atoms with van der Waals surface area (Å²) < 4.78 is 7.01. The van der Waals surface area contributed by atoms with Gasteiger partial charge >= 0.3 is 0 Å². The first-order valence-corrected chi connectivity index (χ1v) is 8.43. The molecule has 0 saturated carbocycles. The molecule has 0 aliphatic carbocycles. The van der Waals surface area contributed by atoms with Gasteiger partial charge < -0.3 is 9.73 Å². The number of nitrogens with one attached hydrogen (secondary N) is 1. The Hall–Kier alpha value is -2.47. The van der Waals surface area contributed by atoms with Crippen LogP contribution in [0, 0.1) is 0 Å². The molecule has 3 rings (SSSR count). The monoisotopic (exact) mass is 327 g/mol. The lowest BCUT2D eigenvalue weighted by molar-refractivity contribution is -0.118. The fourth-order valence-electron chi connectivity index (χ4n) is 2.06. The molecule has 23 heavy (non-hydrogen) atoms. The average Bonchev–Trinajstić information content (AvgIpc) is 3.26. The Kier molecular flexibility index (Phi) is 5.16. The Labute approximate surface area is 138 Å². The molecule has 1 aromatic carbocycles. The van der Waals surface area contributed by atoms with Crippen molar-refractivity contribution in [3.8, 4) is 5.69 Å². The van der Waals surface area contributed by atoms with Crippen LogP contribution in [0.1, 0.15) is 11.5 Å². The fraction of sp³-hybridized carbons (Fsp3) is 0.176. The number of amides is 1. The van der Waals surface area contributed by atoms with E-state index in [9.17, 15) is 4.79 Å². The molecule has 0 atom stereocenters. The van der Waals surface area contributed by atoms with Gasteiger partial charge in [0.15, 0.2) is 0 Å². The Morgan fingerprint density at radius 2 is 2.04 bits per heavy atom. The SMILES string of the molecule is O=C(CSCc1ccn(-c2ccccc2)n1)NCc1ccco1. The molecular weight excluding hydrogens is 310 g/mol. The Morgan fingerprint density at radius 3 is 2.83 bits per heavy atom. The molecule has 1 N–H and O–H groups in total. The zero-order valence-corrected chi connectivity index (χ0v) is 13.3. The van der Waals surface area contributed by atoms with E-state index in [1.165, 1.54) is 0 Å². The second-order valence-corrected chi connectivity index (χ2v) is 5.92. The molecule has 3 aromatic rings. The average molecular weight is 327 g/mol. The third kappa shape index (κ3) is 4.50. The van der Waals surface area contributed by atoms with Gasteiger partial charge in [-0.1, -0.05) is 18.2 Å². The summed E-state index contributed by atoms with van der Waals surface area (Å²) in [6, 6.07) is 15.6. The van der Waals surface area contributed by atoms with Crippen LogP contribution < -0.4 is 5.32 Å². The summed E-state index contributed by atoms with van der Waals surface area (Å²) in [5, 5.41) is 7.34. The Balaban J connectivity index is 1.42. The number of benzene rings is 1. The van der Waals surface area contributed by atoms with Crippen LogP contribution in [-0.2, 0) is 17.1 Å². The van der Waals surface area contributed by atoms with Crippen molar-refractivity contribution in [3.63, 3.8) is 0 Å². The maximum atomic E-state index is 11.8. The number of furan rings is 1. The molecular formula is C17H17N3O2S. The summed E-state index contributed by atoms with van der Waals surface area (Å²) in [6.07, 6.45) is 3.53. The molecule has 0 bridgehead atoms. The van der Waals surface area contributed by atoms with Gasteiger partial charge in [0.2, 0.25) is 5.91 Å². The maximum Gasteiger partial charge on any atom is 0.230 e. The van der Waals surface area contributed by atoms with E-state index in [0.717, 1.165) is 17.1 Å². The topological polar surface area (TPSA) is 60.1 Å². The highest BCUT2D eigenvalue weighted by molar-refractivity contribution is 7.99. The number of carbonyl (C=O) groups is 1. The molecule has 0 fully saturated rings. The van der Waals surface area contributed by atoms with Crippen molar-refractivity contribution >= 4 is 17.7 Å². The van der Waals surface area contributed by atoms with Gasteiger partial charge in [0, 0.05) is 11.9 Å². The lowest BCUT2D eigenvalue weighted by Gasteiger charge is -2.03. The van der Waals surface area contributed by atoms with Gasteiger partial charge in [0.25, 0.3) is 0 Å². The molecule has 0 aliphatic heterocycles. The van der Waals surface area contributed by atoms with Crippen LogP contribution in [-0.4, -0.2) is 21.4 Å². The molecule has 5 nitrogen and oxygen atoms in total. The second kappa shape index (κ2) is 7.69. The van der Waals surface area contributed by atoms with Gasteiger partial charge in [0.05, 0.1) is 29.9 Å². The summed E-state index contributed by atoms with van der Waals surface area (Å²) in [5.74, 6) is 1.85. The second-order valence-electron chi connectivity index (χ2n) is 4.94. The summed E-state index contributed by atoms with van der Waals surface area (Å²) >= 11 is 1.54. The Bertz CT molecular complexity index is 738. The molecule has 118 valence electrons. The minimum absolute atomic E-state index is 0.00566. The van der Waals surface area contributed by atoms with Crippen LogP contribution in [0.25, 0.3) is 5.69 Å². The van der Waals surface area contributed by atoms with E-state index in [1.54, 1.807) is 24.1 Å². The van der Waals surface area contributed by atoms with E-state index in [1.807, 2.05) is 53.3 Å². The molecule has 0 aliphatic rings. The largest absolute Gasteiger partial charge is 0.467 e. The first kappa shape index (κ1) is 15.4. The van der Waals surface area contributed by atoms with Crippen molar-refractivity contribution in [2.45, 2.75) is 12.3 Å². The van der Waals surface area contributed by atoms with Crippen LogP contribution in [0.4, 0.5) is 0 Å². The van der Waals surface area contributed by atoms with Crippen LogP contribution in [0.3, 0.4) is 0 Å². The molecule has 6 heteroatoms. The van der Waals surface area contributed by atoms with Crippen molar-refractivity contribution in [2.24, 2.45) is 0 Å². The fourth-order valence-corrected chi connectivity index (χ4v) is 2.81. The van der Waals surface area contributed by atoms with E-state index in [-0.39, 0.29) is 5.91 Å². The van der Waals surface area contributed by atoms with Crippen LogP contribution in [0.2, 0.25) is 0 Å². The smallest absolute Gasteiger partial charge is 0.230 e. The highest BCUT2D eigenvalue weighted by atomic mass is 32.2. The first-order valence-electron chi connectivity index (χ1n) is 7.28. The van der Waals surface area contributed by atoms with Crippen molar-refractivity contribution in [3.05, 3.63) is 72.4 Å². The summed E-state index contributed by atoms with van der Waals surface area (Å²) in [5.41, 5.74) is 1.98. The van der Waals surface area contributed by atoms with Crippen LogP contribution in [0.5, 0.6) is 0 Å². The molecule has 2 aromatic heterocycles. The zero-order chi connectivity index (χ0) is 15.9. The van der Waals surface area contributed by atoms with Crippen molar-refractivity contribution in [1.82, 2.24) is 15.1 Å². The number of carbonyl (C=O) groups excluding carboxylic acids is 1. The van der Waals surface area contributed by atoms with E-state index in [4.69, 9.17) is 4.42 Å². The van der Waals surface area contributed by atoms with Crippen molar-refractivity contribution in [1.29, 1.82) is 0 Å². The minimum atomic E-state index is -0.00566. The van der Waals surface area contributed by atoms with Gasteiger partial charge in [-0.25, -0.2) is 4.68 Å². The number of aromatic nitrogens is 2. The normalized spacial score (nSPS) is 10.6. The standard InChI is InChI=1S/C17H17N3O2S/c21-17(18-11-16-7-4-10-22-16)13-23-12-14-8-9-20(19-14)15-5-2-1-3-6-15/h1-10H,11-13H2,(H,18,21). The van der Waals surface area contributed by atoms with Gasteiger partial charge in [0.1, 0.15) is 5.76 Å². The molecule has 0 spiro atoms. The summed E-state index contributed by atoms with van der Waals surface area (Å²) in [4.78, 5) is 11.8. The Morgan fingerprint density at radius 1 is 1.17 bits per heavy atom. The lowest BCUT2D eigenvalue weighted by Crippen LogP contribution is -2.24. The number of para-hydroxylation sites is 1. The van der Waals surface area contributed by atoms with E-state index in [2.05, 4.69) is 10.4 Å². The van der Waals surface area contributed by atoms with Crippen LogP contribution in [0.15, 0.2) is 65.4 Å². The van der Waals surface area contributed by atoms with E-state index in [0.29, 0.717) is 18.1 Å². The number of hydrogen-bond acceptors (Lipinski definition) is 4. The summed E-state index contributed by atoms with van der Waals surface area (Å²) in [6.45, 7) is 0.426. The molecule has 1 amide bonds. The number of nitrogens with zero attached hydrogens (tertiary/aromatic N) is 2. The lowest BCUT2D eigenvalue weighted by atomic mass is 10.3. The third-order valence-corrected chi connectivity index (χ3v) is 4.15. The molecule has 0 radical (unpaired) electrons. The molecule has 0 saturated heterocycles. The number of thioether (sulfide) groups is 1. The predicted molar refractivity (Wildman–Crippen MR) is 90.3 cm³/mol. The molecule has 0 unspecified atom stereocenters. The zero-order valence-electron chi connectivity index (χ0n) is 12.5. The predicted octanol–water partition coefficient (Wildman–Crippen LogP) is 3.01. The highest BCUT2D eigenvalue weighted by Crippen LogP contribution is 2.12. The van der Waals surface area contributed by atoms with Gasteiger partial charge in [-0.3, -0.25) is 4.79 Å². The van der Waals surface area contributed by atoms with Gasteiger partial charge in [-0.2, -0.15) is 5.10 Å². The minimum Gasteiger partial charge on any atom is -0.467 e. The number of rotatable bonds is 7. The van der Waals surface area contributed by atoms with Gasteiger partial charge in [-0.05, 0) is 30.3 Å². The summed E-state index contributed by atoms with van der Waals surface area (Å²) in [7, 11) is 0. The van der Waals surface area contributed by atoms with Crippen molar-refractivity contribution in [2.75, 3.05) is 5.75 Å². The number of hydrogen-bond donors (Lipinski definition) is 1. The van der Waals surface area contributed by atoms with Crippen molar-refractivity contribution < 1.29 is 9.21 Å². The quantitative estimate of drug-likeness (QED) is 0.725.